The fraction of sp³-hybridized carbons (Fsp3) is 1.00. The van der Waals surface area contributed by atoms with E-state index in [-0.39, 0.29) is 5.75 Å². The smallest absolute Gasteiger partial charge is 0.264 e. The molecule has 1 saturated heterocycles. The summed E-state index contributed by atoms with van der Waals surface area (Å²) in [5.74, 6) is 0.930. The topological polar surface area (TPSA) is 112 Å². The van der Waals surface area contributed by atoms with Gasteiger partial charge in [-0.15, -0.1) is 0 Å². The Morgan fingerprint density at radius 3 is 1.86 bits per heavy atom. The number of hydrogen-bond acceptors (Lipinski definition) is 5. The summed E-state index contributed by atoms with van der Waals surface area (Å²) >= 11 is 0. The second kappa shape index (κ2) is 17.6. The van der Waals surface area contributed by atoms with Crippen LogP contribution in [0.1, 0.15) is 85.0 Å². The maximum atomic E-state index is 10.1. The van der Waals surface area contributed by atoms with Crippen LogP contribution in [-0.4, -0.2) is 62.5 Å². The molecule has 1 fully saturated rings. The number of unbranched alkanes of at least 4 members (excludes halogenated alkanes) is 5. The largest absolute Gasteiger partial charge is 0.303 e. The molecule has 0 saturated carbocycles. The highest BCUT2D eigenvalue weighted by Gasteiger charge is 2.20. The Morgan fingerprint density at radius 1 is 0.857 bits per heavy atom. The fourth-order valence-electron chi connectivity index (χ4n) is 3.06. The minimum atomic E-state index is -3.70. The Kier molecular flexibility index (Phi) is 18.9. The highest BCUT2D eigenvalue weighted by Crippen LogP contribution is 2.20. The Balaban J connectivity index is 0. The summed E-state index contributed by atoms with van der Waals surface area (Å²) < 4.78 is 54.5. The van der Waals surface area contributed by atoms with Gasteiger partial charge in [0, 0.05) is 6.54 Å². The first-order valence-corrected chi connectivity index (χ1v) is 14.0. The van der Waals surface area contributed by atoms with Gasteiger partial charge in [-0.2, -0.15) is 16.8 Å². The van der Waals surface area contributed by atoms with Crippen LogP contribution < -0.4 is 0 Å². The summed E-state index contributed by atoms with van der Waals surface area (Å²) in [6.45, 7) is 10.7. The molecule has 0 radical (unpaired) electrons. The van der Waals surface area contributed by atoms with Gasteiger partial charge in [-0.05, 0) is 44.7 Å². The molecule has 1 aliphatic heterocycles. The molecule has 0 amide bonds. The van der Waals surface area contributed by atoms with Gasteiger partial charge in [0.15, 0.2) is 0 Å². The van der Waals surface area contributed by atoms with E-state index in [4.69, 9.17) is 9.11 Å². The van der Waals surface area contributed by atoms with Crippen LogP contribution >= 0.6 is 0 Å². The predicted molar refractivity (Wildman–Crippen MR) is 117 cm³/mol. The van der Waals surface area contributed by atoms with Crippen LogP contribution in [0.15, 0.2) is 0 Å². The highest BCUT2D eigenvalue weighted by molar-refractivity contribution is 7.85. The van der Waals surface area contributed by atoms with E-state index in [0.717, 1.165) is 25.2 Å². The quantitative estimate of drug-likeness (QED) is 0.361. The van der Waals surface area contributed by atoms with Crippen molar-refractivity contribution >= 4 is 20.2 Å². The molecule has 1 unspecified atom stereocenters. The van der Waals surface area contributed by atoms with Gasteiger partial charge >= 0.3 is 0 Å². The van der Waals surface area contributed by atoms with Gasteiger partial charge in [-0.1, -0.05) is 59.3 Å². The Bertz CT molecular complexity index is 541. The second-order valence-electron chi connectivity index (χ2n) is 7.53. The summed E-state index contributed by atoms with van der Waals surface area (Å²) in [5, 5.41) is 0. The molecule has 1 aliphatic rings. The maximum absolute atomic E-state index is 10.1. The van der Waals surface area contributed by atoms with E-state index in [2.05, 4.69) is 18.7 Å². The third-order valence-corrected chi connectivity index (χ3v) is 5.21. The standard InChI is InChI=1S/C12H25N.C6H14O3S.CH4O3S/c1-3-5-6-9-13-10-8-12(11-13)7-4-2;1-2-3-4-5-6-10(7,8)9;1-5(2,3)4/h12H,3-11H2,1-2H3;2-6H2,1H3,(H,7,8,9);1H3,(H,2,3,4). The maximum Gasteiger partial charge on any atom is 0.264 e. The summed E-state index contributed by atoms with van der Waals surface area (Å²) in [7, 11) is -7.37. The zero-order valence-electron chi connectivity index (χ0n) is 18.3. The van der Waals surface area contributed by atoms with Crippen molar-refractivity contribution in [2.45, 2.75) is 85.0 Å². The van der Waals surface area contributed by atoms with E-state index in [9.17, 15) is 16.8 Å². The van der Waals surface area contributed by atoms with Crippen LogP contribution in [0, 0.1) is 5.92 Å². The summed E-state index contributed by atoms with van der Waals surface area (Å²) in [6, 6.07) is 0. The summed E-state index contributed by atoms with van der Waals surface area (Å²) in [4.78, 5) is 2.66. The van der Waals surface area contributed by atoms with E-state index >= 15 is 0 Å². The Labute approximate surface area is 173 Å². The van der Waals surface area contributed by atoms with Crippen LogP contribution in [0.4, 0.5) is 0 Å². The summed E-state index contributed by atoms with van der Waals surface area (Å²) in [6.07, 6.45) is 12.7. The number of nitrogens with zero attached hydrogens (tertiary/aromatic N) is 1. The molecule has 172 valence electrons. The first-order valence-electron chi connectivity index (χ1n) is 10.5. The van der Waals surface area contributed by atoms with E-state index in [1.54, 1.807) is 0 Å². The number of rotatable bonds is 11. The molecule has 0 aliphatic carbocycles. The van der Waals surface area contributed by atoms with Crippen LogP contribution in [-0.2, 0) is 20.2 Å². The van der Waals surface area contributed by atoms with Crippen molar-refractivity contribution in [3.63, 3.8) is 0 Å². The van der Waals surface area contributed by atoms with E-state index < -0.39 is 20.2 Å². The van der Waals surface area contributed by atoms with Crippen LogP contribution in [0.2, 0.25) is 0 Å². The lowest BCUT2D eigenvalue weighted by Crippen LogP contribution is -2.21. The molecule has 0 spiro atoms. The number of hydrogen-bond donors (Lipinski definition) is 2. The normalized spacial score (nSPS) is 17.4. The second-order valence-corrected chi connectivity index (χ2v) is 10.6. The Hall–Kier alpha value is -0.220. The average molecular weight is 446 g/mol. The first kappa shape index (κ1) is 30.0. The lowest BCUT2D eigenvalue weighted by molar-refractivity contribution is 0.312. The number of likely N-dealkylation sites (tertiary alicyclic amines) is 1. The lowest BCUT2D eigenvalue weighted by atomic mass is 10.0. The third-order valence-electron chi connectivity index (χ3n) is 4.40. The van der Waals surface area contributed by atoms with Crippen molar-refractivity contribution < 1.29 is 25.9 Å². The molecule has 9 heteroatoms. The van der Waals surface area contributed by atoms with Crippen molar-refractivity contribution in [2.75, 3.05) is 31.6 Å². The van der Waals surface area contributed by atoms with E-state index in [1.807, 2.05) is 6.92 Å². The van der Waals surface area contributed by atoms with Crippen molar-refractivity contribution in [1.82, 2.24) is 4.90 Å². The molecule has 1 atom stereocenters. The van der Waals surface area contributed by atoms with E-state index in [0.29, 0.717) is 12.7 Å². The molecule has 28 heavy (non-hydrogen) atoms. The van der Waals surface area contributed by atoms with Crippen molar-refractivity contribution in [3.05, 3.63) is 0 Å². The van der Waals surface area contributed by atoms with Gasteiger partial charge in [0.1, 0.15) is 0 Å². The third kappa shape index (κ3) is 28.0. The van der Waals surface area contributed by atoms with Gasteiger partial charge in [0.2, 0.25) is 0 Å². The minimum absolute atomic E-state index is 0.0903. The van der Waals surface area contributed by atoms with Gasteiger partial charge < -0.3 is 4.90 Å². The van der Waals surface area contributed by atoms with Gasteiger partial charge in [0.25, 0.3) is 20.2 Å². The van der Waals surface area contributed by atoms with Gasteiger partial charge in [-0.3, -0.25) is 9.11 Å². The first-order chi connectivity index (χ1) is 12.9. The molecule has 7 nitrogen and oxygen atoms in total. The van der Waals surface area contributed by atoms with Gasteiger partial charge in [0.05, 0.1) is 12.0 Å². The molecular weight excluding hydrogens is 402 g/mol. The average Bonchev–Trinajstić information content (AvgIpc) is 2.98. The lowest BCUT2D eigenvalue weighted by Gasteiger charge is -2.15. The van der Waals surface area contributed by atoms with Gasteiger partial charge in [-0.25, -0.2) is 0 Å². The molecule has 1 rings (SSSR count). The highest BCUT2D eigenvalue weighted by atomic mass is 32.2. The summed E-state index contributed by atoms with van der Waals surface area (Å²) in [5.41, 5.74) is 0. The van der Waals surface area contributed by atoms with E-state index in [1.165, 1.54) is 58.2 Å². The molecule has 1 heterocycles. The molecule has 0 aromatic rings. The van der Waals surface area contributed by atoms with Crippen molar-refractivity contribution in [3.8, 4) is 0 Å². The fourth-order valence-corrected chi connectivity index (χ4v) is 3.63. The Morgan fingerprint density at radius 2 is 1.39 bits per heavy atom. The van der Waals surface area contributed by atoms with Crippen LogP contribution in [0.3, 0.4) is 0 Å². The zero-order valence-corrected chi connectivity index (χ0v) is 19.9. The monoisotopic (exact) mass is 445 g/mol. The van der Waals surface area contributed by atoms with Crippen LogP contribution in [0.25, 0.3) is 0 Å². The SMILES string of the molecule is CCCCCCS(=O)(=O)O.CCCCCN1CCC(CCC)C1.CS(=O)(=O)O. The molecule has 0 aromatic heterocycles. The molecule has 0 aromatic carbocycles. The minimum Gasteiger partial charge on any atom is -0.303 e. The van der Waals surface area contributed by atoms with Crippen molar-refractivity contribution in [1.29, 1.82) is 0 Å². The molecule has 0 bridgehead atoms. The predicted octanol–water partition coefficient (Wildman–Crippen LogP) is 4.26. The zero-order chi connectivity index (χ0) is 22.1. The van der Waals surface area contributed by atoms with Crippen molar-refractivity contribution in [2.24, 2.45) is 5.92 Å². The molecule has 2 N–H and O–H groups in total. The van der Waals surface area contributed by atoms with Crippen LogP contribution in [0.5, 0.6) is 0 Å². The molecular formula is C19H43NO6S2.